The van der Waals surface area contributed by atoms with Crippen LogP contribution in [0.15, 0.2) is 0 Å². The van der Waals surface area contributed by atoms with Gasteiger partial charge in [-0.2, -0.15) is 11.8 Å². The van der Waals surface area contributed by atoms with Crippen molar-refractivity contribution in [3.63, 3.8) is 0 Å². The van der Waals surface area contributed by atoms with Crippen LogP contribution in [0.25, 0.3) is 0 Å². The van der Waals surface area contributed by atoms with E-state index >= 15 is 0 Å². The van der Waals surface area contributed by atoms with Gasteiger partial charge in [0.05, 0.1) is 0 Å². The maximum absolute atomic E-state index is 11.9. The lowest BCUT2D eigenvalue weighted by molar-refractivity contribution is -0.148. The van der Waals surface area contributed by atoms with Crippen LogP contribution in [-0.4, -0.2) is 58.9 Å². The summed E-state index contributed by atoms with van der Waals surface area (Å²) < 4.78 is 0. The molecule has 0 aromatic heterocycles. The first kappa shape index (κ1) is 16.8. The first-order valence-corrected chi connectivity index (χ1v) is 7.85. The minimum absolute atomic E-state index is 0.0279. The van der Waals surface area contributed by atoms with Crippen molar-refractivity contribution in [2.45, 2.75) is 37.6 Å². The Kier molecular flexibility index (Phi) is 6.32. The van der Waals surface area contributed by atoms with Crippen LogP contribution in [0.1, 0.15) is 32.1 Å². The molecule has 0 aromatic rings. The van der Waals surface area contributed by atoms with Gasteiger partial charge >= 0.3 is 5.97 Å². The molecule has 0 bridgehead atoms. The zero-order valence-corrected chi connectivity index (χ0v) is 12.8. The fraction of sp³-hybridized carbons (Fsp3) is 0.769. The maximum Gasteiger partial charge on any atom is 0.329 e. The van der Waals surface area contributed by atoms with Crippen LogP contribution < -0.4 is 5.32 Å². The summed E-state index contributed by atoms with van der Waals surface area (Å²) >= 11 is 1.70. The molecule has 0 atom stereocenters. The summed E-state index contributed by atoms with van der Waals surface area (Å²) in [6, 6.07) is 0. The molecule has 0 spiro atoms. The number of carboxylic acids is 1. The molecule has 0 radical (unpaired) electrons. The van der Waals surface area contributed by atoms with E-state index in [1.807, 2.05) is 0 Å². The second-order valence-electron chi connectivity index (χ2n) is 5.19. The van der Waals surface area contributed by atoms with Gasteiger partial charge < -0.3 is 15.3 Å². The summed E-state index contributed by atoms with van der Waals surface area (Å²) in [5.41, 5.74) is -1.12. The molecule has 7 heteroatoms. The molecule has 0 aromatic carbocycles. The summed E-state index contributed by atoms with van der Waals surface area (Å²) in [4.78, 5) is 36.1. The van der Waals surface area contributed by atoms with E-state index in [2.05, 4.69) is 5.32 Å². The predicted molar refractivity (Wildman–Crippen MR) is 77.6 cm³/mol. The van der Waals surface area contributed by atoms with E-state index in [0.717, 1.165) is 11.5 Å². The standard InChI is InChI=1S/C13H22N2O4S/c1-15(2)11(17)5-3-4-10(16)14-13(12(18)19)6-8-20-9-7-13/h3-9H2,1-2H3,(H,14,16)(H,18,19). The first-order chi connectivity index (χ1) is 9.37. The molecule has 1 fully saturated rings. The minimum atomic E-state index is -1.12. The maximum atomic E-state index is 11.9. The first-order valence-electron chi connectivity index (χ1n) is 6.70. The van der Waals surface area contributed by atoms with E-state index in [1.54, 1.807) is 25.9 Å². The van der Waals surface area contributed by atoms with Crippen LogP contribution >= 0.6 is 11.8 Å². The number of aliphatic carboxylic acids is 1. The van der Waals surface area contributed by atoms with Crippen LogP contribution in [0, 0.1) is 0 Å². The van der Waals surface area contributed by atoms with Gasteiger partial charge in [-0.05, 0) is 30.8 Å². The Labute approximate surface area is 123 Å². The molecule has 0 aliphatic carbocycles. The third-order valence-electron chi connectivity index (χ3n) is 3.43. The summed E-state index contributed by atoms with van der Waals surface area (Å²) in [5.74, 6) is 0.207. The summed E-state index contributed by atoms with van der Waals surface area (Å²) in [7, 11) is 3.34. The average molecular weight is 302 g/mol. The fourth-order valence-electron chi connectivity index (χ4n) is 2.07. The monoisotopic (exact) mass is 302 g/mol. The predicted octanol–water partition coefficient (Wildman–Crippen LogP) is 0.711. The summed E-state index contributed by atoms with van der Waals surface area (Å²) in [6.45, 7) is 0. The Morgan fingerprint density at radius 2 is 1.80 bits per heavy atom. The highest BCUT2D eigenvalue weighted by molar-refractivity contribution is 7.99. The van der Waals surface area contributed by atoms with Gasteiger partial charge in [-0.1, -0.05) is 0 Å². The minimum Gasteiger partial charge on any atom is -0.480 e. The van der Waals surface area contributed by atoms with Crippen LogP contribution in [-0.2, 0) is 14.4 Å². The average Bonchev–Trinajstić information content (AvgIpc) is 2.39. The topological polar surface area (TPSA) is 86.7 Å². The second-order valence-corrected chi connectivity index (χ2v) is 6.41. The number of rotatable bonds is 6. The highest BCUT2D eigenvalue weighted by atomic mass is 32.2. The van der Waals surface area contributed by atoms with Crippen molar-refractivity contribution in [3.8, 4) is 0 Å². The van der Waals surface area contributed by atoms with Crippen LogP contribution in [0.2, 0.25) is 0 Å². The molecule has 2 N–H and O–H groups in total. The van der Waals surface area contributed by atoms with Crippen molar-refractivity contribution >= 4 is 29.5 Å². The molecule has 20 heavy (non-hydrogen) atoms. The summed E-state index contributed by atoms with van der Waals surface area (Å²) in [5, 5.41) is 12.0. The molecule has 114 valence electrons. The van der Waals surface area contributed by atoms with Gasteiger partial charge in [-0.15, -0.1) is 0 Å². The molecule has 1 rings (SSSR count). The molecule has 0 unspecified atom stereocenters. The van der Waals surface area contributed by atoms with E-state index < -0.39 is 11.5 Å². The zero-order chi connectivity index (χ0) is 15.2. The number of carbonyl (C=O) groups is 3. The van der Waals surface area contributed by atoms with Crippen LogP contribution in [0.5, 0.6) is 0 Å². The van der Waals surface area contributed by atoms with Gasteiger partial charge in [-0.3, -0.25) is 9.59 Å². The lowest BCUT2D eigenvalue weighted by Gasteiger charge is -2.33. The van der Waals surface area contributed by atoms with Crippen molar-refractivity contribution in [1.29, 1.82) is 0 Å². The number of hydrogen-bond donors (Lipinski definition) is 2. The number of thioether (sulfide) groups is 1. The van der Waals surface area contributed by atoms with Crippen LogP contribution in [0.3, 0.4) is 0 Å². The molecule has 1 heterocycles. The normalized spacial score (nSPS) is 17.3. The number of hydrogen-bond acceptors (Lipinski definition) is 4. The third-order valence-corrected chi connectivity index (χ3v) is 4.41. The van der Waals surface area contributed by atoms with Crippen molar-refractivity contribution in [3.05, 3.63) is 0 Å². The Morgan fingerprint density at radius 3 is 2.30 bits per heavy atom. The van der Waals surface area contributed by atoms with Gasteiger partial charge in [0.25, 0.3) is 0 Å². The lowest BCUT2D eigenvalue weighted by atomic mass is 9.92. The molecule has 1 saturated heterocycles. The quantitative estimate of drug-likeness (QED) is 0.754. The molecule has 2 amide bonds. The van der Waals surface area contributed by atoms with E-state index in [4.69, 9.17) is 0 Å². The third kappa shape index (κ3) is 4.70. The van der Waals surface area contributed by atoms with Crippen molar-refractivity contribution in [1.82, 2.24) is 10.2 Å². The van der Waals surface area contributed by atoms with Crippen molar-refractivity contribution < 1.29 is 19.5 Å². The highest BCUT2D eigenvalue weighted by Crippen LogP contribution is 2.27. The molecule has 1 aliphatic rings. The van der Waals surface area contributed by atoms with E-state index in [9.17, 15) is 19.5 Å². The van der Waals surface area contributed by atoms with Gasteiger partial charge in [-0.25, -0.2) is 4.79 Å². The van der Waals surface area contributed by atoms with Crippen molar-refractivity contribution in [2.24, 2.45) is 0 Å². The SMILES string of the molecule is CN(C)C(=O)CCCC(=O)NC1(C(=O)O)CCSCC1. The molecule has 1 aliphatic heterocycles. The number of nitrogens with one attached hydrogen (secondary N) is 1. The smallest absolute Gasteiger partial charge is 0.329 e. The van der Waals surface area contributed by atoms with Gasteiger partial charge in [0, 0.05) is 26.9 Å². The molecular weight excluding hydrogens is 280 g/mol. The van der Waals surface area contributed by atoms with Crippen LogP contribution in [0.4, 0.5) is 0 Å². The number of carbonyl (C=O) groups excluding carboxylic acids is 2. The van der Waals surface area contributed by atoms with E-state index in [1.165, 1.54) is 4.90 Å². The highest BCUT2D eigenvalue weighted by Gasteiger charge is 2.41. The lowest BCUT2D eigenvalue weighted by Crippen LogP contribution is -2.56. The van der Waals surface area contributed by atoms with Crippen molar-refractivity contribution in [2.75, 3.05) is 25.6 Å². The zero-order valence-electron chi connectivity index (χ0n) is 12.0. The largest absolute Gasteiger partial charge is 0.480 e. The molecular formula is C13H22N2O4S. The van der Waals surface area contributed by atoms with Gasteiger partial charge in [0.1, 0.15) is 5.54 Å². The Hall–Kier alpha value is -1.24. The fourth-order valence-corrected chi connectivity index (χ4v) is 3.26. The summed E-state index contributed by atoms with van der Waals surface area (Å²) in [6.07, 6.45) is 1.83. The van der Waals surface area contributed by atoms with Gasteiger partial charge in [0.15, 0.2) is 0 Å². The number of amides is 2. The Balaban J connectivity index is 2.43. The van der Waals surface area contributed by atoms with E-state index in [-0.39, 0.29) is 18.2 Å². The Bertz CT molecular complexity index is 379. The molecule has 6 nitrogen and oxygen atoms in total. The second kappa shape index (κ2) is 7.52. The number of carboxylic acid groups (broad SMARTS) is 1. The molecule has 0 saturated carbocycles. The van der Waals surface area contributed by atoms with Gasteiger partial charge in [0.2, 0.25) is 11.8 Å². The Morgan fingerprint density at radius 1 is 1.20 bits per heavy atom. The number of nitrogens with zero attached hydrogens (tertiary/aromatic N) is 1. The van der Waals surface area contributed by atoms with E-state index in [0.29, 0.717) is 25.7 Å².